The number of nitrogens with zero attached hydrogens (tertiary/aromatic N) is 2. The Balaban J connectivity index is 2.01. The second kappa shape index (κ2) is 9.31. The monoisotopic (exact) mass is 398 g/mol. The number of ether oxygens (including phenoxy) is 2. The number of rotatable bonds is 6. The van der Waals surface area contributed by atoms with Crippen LogP contribution in [0.15, 0.2) is 18.2 Å². The van der Waals surface area contributed by atoms with E-state index in [1.165, 1.54) is 17.0 Å². The molecule has 1 aliphatic rings. The number of esters is 2. The van der Waals surface area contributed by atoms with Crippen molar-refractivity contribution in [3.63, 3.8) is 0 Å². The van der Waals surface area contributed by atoms with Crippen LogP contribution in [0.25, 0.3) is 0 Å². The normalized spacial score (nSPS) is 16.5. The highest BCUT2D eigenvalue weighted by molar-refractivity contribution is 6.32. The van der Waals surface area contributed by atoms with Gasteiger partial charge in [0.1, 0.15) is 11.1 Å². The maximum atomic E-state index is 12.4. The quantitative estimate of drug-likeness (QED) is 0.410. The molecular formula is C17H19ClN2O7. The Bertz CT molecular complexity index is 753. The number of hydrogen-bond donors (Lipinski definition) is 0. The van der Waals surface area contributed by atoms with Gasteiger partial charge in [-0.05, 0) is 38.3 Å². The zero-order valence-corrected chi connectivity index (χ0v) is 15.4. The van der Waals surface area contributed by atoms with E-state index in [2.05, 4.69) is 0 Å². The average molecular weight is 399 g/mol. The predicted molar refractivity (Wildman–Crippen MR) is 94.4 cm³/mol. The van der Waals surface area contributed by atoms with Crippen LogP contribution < -0.4 is 0 Å². The van der Waals surface area contributed by atoms with Gasteiger partial charge in [-0.15, -0.1) is 0 Å². The molecule has 27 heavy (non-hydrogen) atoms. The number of carbonyl (C=O) groups is 3. The number of halogens is 1. The third kappa shape index (κ3) is 5.16. The summed E-state index contributed by atoms with van der Waals surface area (Å²) in [4.78, 5) is 48.0. The molecule has 1 aromatic carbocycles. The molecule has 0 radical (unpaired) electrons. The van der Waals surface area contributed by atoms with Crippen molar-refractivity contribution in [3.05, 3.63) is 38.9 Å². The second-order valence-electron chi connectivity index (χ2n) is 5.85. The van der Waals surface area contributed by atoms with Gasteiger partial charge in [-0.25, -0.2) is 9.59 Å². The van der Waals surface area contributed by atoms with Crippen LogP contribution in [0, 0.1) is 10.1 Å². The van der Waals surface area contributed by atoms with Gasteiger partial charge in [0.05, 0.1) is 17.1 Å². The maximum absolute atomic E-state index is 12.4. The average Bonchev–Trinajstić information content (AvgIpc) is 2.66. The predicted octanol–water partition coefficient (Wildman–Crippen LogP) is 2.35. The summed E-state index contributed by atoms with van der Waals surface area (Å²) in [7, 11) is 0. The number of piperidine rings is 1. The van der Waals surface area contributed by atoms with Crippen molar-refractivity contribution in [3.8, 4) is 0 Å². The molecule has 1 heterocycles. The lowest BCUT2D eigenvalue weighted by atomic mass is 10.0. The standard InChI is InChI=1S/C17H19ClN2O7/c1-2-26-17(23)13-5-3-4-8-19(13)15(21)10-27-16(22)11-6-7-12(18)14(9-11)20(24)25/h6-7,9,13H,2-5,8,10H2,1H3/t13-/m0/s1. The Morgan fingerprint density at radius 3 is 2.70 bits per heavy atom. The molecule has 10 heteroatoms. The highest BCUT2D eigenvalue weighted by atomic mass is 35.5. The molecule has 1 atom stereocenters. The smallest absolute Gasteiger partial charge is 0.338 e. The first-order chi connectivity index (χ1) is 12.8. The minimum atomic E-state index is -0.896. The van der Waals surface area contributed by atoms with Gasteiger partial charge < -0.3 is 14.4 Å². The molecule has 0 bridgehead atoms. The highest BCUT2D eigenvalue weighted by Crippen LogP contribution is 2.25. The minimum absolute atomic E-state index is 0.0977. The molecule has 0 N–H and O–H groups in total. The molecule has 1 amide bonds. The Kier molecular flexibility index (Phi) is 7.12. The number of amides is 1. The SMILES string of the molecule is CCOC(=O)[C@@H]1CCCCN1C(=O)COC(=O)c1ccc(Cl)c([N+](=O)[O-])c1. The molecule has 1 aliphatic heterocycles. The summed E-state index contributed by atoms with van der Waals surface area (Å²) in [6.07, 6.45) is 2.02. The summed E-state index contributed by atoms with van der Waals surface area (Å²) in [5.41, 5.74) is -0.532. The fourth-order valence-electron chi connectivity index (χ4n) is 2.79. The maximum Gasteiger partial charge on any atom is 0.338 e. The van der Waals surface area contributed by atoms with Crippen LogP contribution in [0.4, 0.5) is 5.69 Å². The first-order valence-electron chi connectivity index (χ1n) is 8.42. The highest BCUT2D eigenvalue weighted by Gasteiger charge is 2.33. The molecule has 146 valence electrons. The van der Waals surface area contributed by atoms with Crippen LogP contribution in [-0.2, 0) is 19.1 Å². The fourth-order valence-corrected chi connectivity index (χ4v) is 2.97. The summed E-state index contributed by atoms with van der Waals surface area (Å²) < 4.78 is 9.94. The first-order valence-corrected chi connectivity index (χ1v) is 8.80. The van der Waals surface area contributed by atoms with E-state index in [0.29, 0.717) is 13.0 Å². The molecule has 2 rings (SSSR count). The number of carbonyl (C=O) groups excluding carboxylic acids is 3. The van der Waals surface area contributed by atoms with E-state index in [9.17, 15) is 24.5 Å². The van der Waals surface area contributed by atoms with Gasteiger partial charge in [-0.3, -0.25) is 14.9 Å². The van der Waals surface area contributed by atoms with E-state index in [0.717, 1.165) is 18.9 Å². The lowest BCUT2D eigenvalue weighted by molar-refractivity contribution is -0.384. The molecule has 9 nitrogen and oxygen atoms in total. The zero-order valence-electron chi connectivity index (χ0n) is 14.7. The third-order valence-electron chi connectivity index (χ3n) is 4.09. The minimum Gasteiger partial charge on any atom is -0.464 e. The fraction of sp³-hybridized carbons (Fsp3) is 0.471. The number of nitro benzene ring substituents is 1. The molecule has 1 fully saturated rings. The van der Waals surface area contributed by atoms with Gasteiger partial charge in [0.15, 0.2) is 6.61 Å². The van der Waals surface area contributed by atoms with Crippen molar-refractivity contribution in [2.75, 3.05) is 19.8 Å². The molecular weight excluding hydrogens is 380 g/mol. The molecule has 0 saturated carbocycles. The van der Waals surface area contributed by atoms with Gasteiger partial charge in [-0.2, -0.15) is 0 Å². The van der Waals surface area contributed by atoms with Crippen LogP contribution >= 0.6 is 11.6 Å². The van der Waals surface area contributed by atoms with Crippen LogP contribution in [0.5, 0.6) is 0 Å². The van der Waals surface area contributed by atoms with Crippen molar-refractivity contribution in [2.45, 2.75) is 32.2 Å². The molecule has 1 saturated heterocycles. The van der Waals surface area contributed by atoms with E-state index in [1.54, 1.807) is 6.92 Å². The van der Waals surface area contributed by atoms with Crippen LogP contribution in [-0.4, -0.2) is 53.5 Å². The van der Waals surface area contributed by atoms with E-state index in [1.807, 2.05) is 0 Å². The van der Waals surface area contributed by atoms with Crippen molar-refractivity contribution in [2.24, 2.45) is 0 Å². The summed E-state index contributed by atoms with van der Waals surface area (Å²) in [6.45, 7) is 1.68. The summed E-state index contributed by atoms with van der Waals surface area (Å²) in [6, 6.07) is 2.77. The Hall–Kier alpha value is -2.68. The van der Waals surface area contributed by atoms with Gasteiger partial charge in [0, 0.05) is 12.6 Å². The number of nitro groups is 1. The molecule has 0 aliphatic carbocycles. The van der Waals surface area contributed by atoms with Gasteiger partial charge in [0.2, 0.25) is 0 Å². The lowest BCUT2D eigenvalue weighted by Gasteiger charge is -2.33. The van der Waals surface area contributed by atoms with E-state index >= 15 is 0 Å². The van der Waals surface area contributed by atoms with Crippen LogP contribution in [0.3, 0.4) is 0 Å². The van der Waals surface area contributed by atoms with Gasteiger partial charge >= 0.3 is 11.9 Å². The topological polar surface area (TPSA) is 116 Å². The summed E-state index contributed by atoms with van der Waals surface area (Å²) in [5, 5.41) is 10.8. The van der Waals surface area contributed by atoms with Gasteiger partial charge in [-0.1, -0.05) is 11.6 Å². The van der Waals surface area contributed by atoms with Crippen LogP contribution in [0.2, 0.25) is 5.02 Å². The molecule has 0 spiro atoms. The largest absolute Gasteiger partial charge is 0.464 e. The first kappa shape index (κ1) is 20.6. The molecule has 1 aromatic rings. The number of likely N-dealkylation sites (tertiary alicyclic amines) is 1. The summed E-state index contributed by atoms with van der Waals surface area (Å²) >= 11 is 5.70. The third-order valence-corrected chi connectivity index (χ3v) is 4.41. The van der Waals surface area contributed by atoms with Crippen molar-refractivity contribution in [1.29, 1.82) is 0 Å². The molecule has 0 aromatic heterocycles. The second-order valence-corrected chi connectivity index (χ2v) is 6.26. The Morgan fingerprint density at radius 2 is 2.04 bits per heavy atom. The van der Waals surface area contributed by atoms with Gasteiger partial charge in [0.25, 0.3) is 11.6 Å². The van der Waals surface area contributed by atoms with E-state index in [4.69, 9.17) is 21.1 Å². The number of benzene rings is 1. The summed E-state index contributed by atoms with van der Waals surface area (Å²) in [5.74, 6) is -1.90. The van der Waals surface area contributed by atoms with Crippen LogP contribution in [0.1, 0.15) is 36.5 Å². The Morgan fingerprint density at radius 1 is 1.30 bits per heavy atom. The van der Waals surface area contributed by atoms with Crippen molar-refractivity contribution in [1.82, 2.24) is 4.90 Å². The Labute approximate surface area is 160 Å². The lowest BCUT2D eigenvalue weighted by Crippen LogP contribution is -2.50. The van der Waals surface area contributed by atoms with E-state index in [-0.39, 0.29) is 17.2 Å². The number of hydrogen-bond acceptors (Lipinski definition) is 7. The molecule has 0 unspecified atom stereocenters. The van der Waals surface area contributed by atoms with E-state index < -0.39 is 41.1 Å². The van der Waals surface area contributed by atoms with Crippen molar-refractivity contribution < 1.29 is 28.8 Å². The van der Waals surface area contributed by atoms with Crippen molar-refractivity contribution >= 4 is 35.1 Å². The zero-order chi connectivity index (χ0) is 20.0.